The van der Waals surface area contributed by atoms with Crippen LogP contribution in [0.3, 0.4) is 0 Å². The quantitative estimate of drug-likeness (QED) is 0.846. The van der Waals surface area contributed by atoms with Gasteiger partial charge in [-0.25, -0.2) is 8.78 Å². The average molecular weight is 320 g/mol. The topological polar surface area (TPSA) is 91.2 Å². The first-order valence-electron chi connectivity index (χ1n) is 5.21. The van der Waals surface area contributed by atoms with Crippen LogP contribution in [0.4, 0.5) is 13.8 Å². The monoisotopic (exact) mass is 319 g/mol. The van der Waals surface area contributed by atoms with Crippen molar-refractivity contribution in [1.29, 1.82) is 0 Å². The highest BCUT2D eigenvalue weighted by Crippen LogP contribution is 2.28. The second-order valence-electron chi connectivity index (χ2n) is 3.74. The second-order valence-corrected chi connectivity index (χ2v) is 4.95. The normalized spacial score (nSPS) is 10.6. The molecule has 9 heteroatoms. The Bertz CT molecular complexity index is 678. The highest BCUT2D eigenvalue weighted by Gasteiger charge is 2.19. The number of nitrogens with two attached hydrogens (primary N) is 2. The fourth-order valence-corrected chi connectivity index (χ4v) is 2.19. The molecule has 0 saturated heterocycles. The Morgan fingerprint density at radius 2 is 2.10 bits per heavy atom. The van der Waals surface area contributed by atoms with Gasteiger partial charge in [-0.1, -0.05) is 11.6 Å². The zero-order valence-electron chi connectivity index (χ0n) is 9.82. The number of benzene rings is 1. The summed E-state index contributed by atoms with van der Waals surface area (Å²) in [5.41, 5.74) is 10.5. The first-order valence-corrected chi connectivity index (χ1v) is 6.36. The molecule has 5 nitrogen and oxygen atoms in total. The van der Waals surface area contributed by atoms with Gasteiger partial charge in [0.15, 0.2) is 0 Å². The van der Waals surface area contributed by atoms with Gasteiger partial charge in [-0.3, -0.25) is 4.79 Å². The molecule has 0 unspecified atom stereocenters. The van der Waals surface area contributed by atoms with Crippen LogP contribution in [0, 0.1) is 11.6 Å². The van der Waals surface area contributed by atoms with Gasteiger partial charge >= 0.3 is 0 Å². The van der Waals surface area contributed by atoms with Gasteiger partial charge in [-0.15, -0.1) is 0 Å². The Morgan fingerprint density at radius 1 is 1.40 bits per heavy atom. The van der Waals surface area contributed by atoms with Crippen molar-refractivity contribution in [3.05, 3.63) is 39.9 Å². The molecule has 0 aliphatic carbocycles. The van der Waals surface area contributed by atoms with E-state index >= 15 is 0 Å². The minimum absolute atomic E-state index is 0.0751. The number of anilines is 1. The van der Waals surface area contributed by atoms with Crippen molar-refractivity contribution in [1.82, 2.24) is 4.37 Å². The summed E-state index contributed by atoms with van der Waals surface area (Å²) >= 11 is 6.25. The molecule has 0 saturated carbocycles. The summed E-state index contributed by atoms with van der Waals surface area (Å²) in [5.74, 6) is -2.44. The maximum atomic E-state index is 13.5. The van der Waals surface area contributed by atoms with Gasteiger partial charge in [-0.2, -0.15) is 4.37 Å². The maximum absolute atomic E-state index is 13.5. The fraction of sp³-hybridized carbons (Fsp3) is 0.0909. The molecule has 0 radical (unpaired) electrons. The Labute approximate surface area is 121 Å². The Morgan fingerprint density at radius 3 is 2.75 bits per heavy atom. The van der Waals surface area contributed by atoms with Crippen molar-refractivity contribution in [3.63, 3.8) is 0 Å². The molecule has 0 bridgehead atoms. The van der Waals surface area contributed by atoms with Crippen LogP contribution in [0.15, 0.2) is 12.1 Å². The van der Waals surface area contributed by atoms with E-state index in [1.165, 1.54) is 0 Å². The maximum Gasteiger partial charge on any atom is 0.257 e. The van der Waals surface area contributed by atoms with E-state index in [0.29, 0.717) is 0 Å². The van der Waals surface area contributed by atoms with Crippen molar-refractivity contribution in [2.45, 2.75) is 6.61 Å². The molecule has 4 N–H and O–H groups in total. The van der Waals surface area contributed by atoms with E-state index in [-0.39, 0.29) is 33.6 Å². The summed E-state index contributed by atoms with van der Waals surface area (Å²) in [6.07, 6.45) is 0. The number of ether oxygens (including phenoxy) is 1. The Balaban J connectivity index is 2.21. The smallest absolute Gasteiger partial charge is 0.257 e. The molecule has 0 atom stereocenters. The number of rotatable bonds is 4. The molecule has 2 aromatic rings. The molecule has 1 heterocycles. The summed E-state index contributed by atoms with van der Waals surface area (Å²) in [7, 11) is 0. The molecule has 1 aromatic heterocycles. The number of carbonyl (C=O) groups is 1. The van der Waals surface area contributed by atoms with Crippen LogP contribution in [0.25, 0.3) is 0 Å². The summed E-state index contributed by atoms with van der Waals surface area (Å²) in [6.45, 7) is -0.344. The molecular formula is C11H8ClF2N3O2S. The second kappa shape index (κ2) is 5.59. The number of halogens is 3. The molecule has 20 heavy (non-hydrogen) atoms. The minimum Gasteiger partial charge on any atom is -0.471 e. The summed E-state index contributed by atoms with van der Waals surface area (Å²) in [4.78, 5) is 11.2. The molecule has 1 aromatic carbocycles. The van der Waals surface area contributed by atoms with Gasteiger partial charge in [0, 0.05) is 5.56 Å². The van der Waals surface area contributed by atoms with Gasteiger partial charge in [0.05, 0.1) is 5.02 Å². The Hall–Kier alpha value is -1.93. The predicted octanol–water partition coefficient (Wildman–Crippen LogP) is 2.33. The van der Waals surface area contributed by atoms with E-state index < -0.39 is 17.5 Å². The number of primary amides is 1. The lowest BCUT2D eigenvalue weighted by Gasteiger charge is -2.07. The molecule has 0 aliphatic rings. The third kappa shape index (κ3) is 2.81. The van der Waals surface area contributed by atoms with E-state index in [2.05, 4.69) is 4.37 Å². The first kappa shape index (κ1) is 14.5. The number of hydrogen-bond donors (Lipinski definition) is 2. The van der Waals surface area contributed by atoms with Crippen molar-refractivity contribution >= 4 is 34.0 Å². The highest BCUT2D eigenvalue weighted by molar-refractivity contribution is 7.10. The van der Waals surface area contributed by atoms with E-state index in [1.807, 2.05) is 0 Å². The van der Waals surface area contributed by atoms with Gasteiger partial charge in [0.2, 0.25) is 5.88 Å². The van der Waals surface area contributed by atoms with Crippen LogP contribution in [0.2, 0.25) is 5.02 Å². The number of amides is 1. The highest BCUT2D eigenvalue weighted by atomic mass is 35.5. The zero-order valence-corrected chi connectivity index (χ0v) is 11.4. The van der Waals surface area contributed by atoms with Crippen LogP contribution < -0.4 is 16.2 Å². The summed E-state index contributed by atoms with van der Waals surface area (Å²) < 4.78 is 35.7. The lowest BCUT2D eigenvalue weighted by molar-refractivity contribution is 0.0996. The van der Waals surface area contributed by atoms with Crippen molar-refractivity contribution in [2.24, 2.45) is 5.73 Å². The standard InChI is InChI=1S/C11H8ClF2N3O2S/c12-5-2-6(13)4(1-7(5)14)3-19-11-8(9(15)18)10(16)20-17-11/h1-2H,3,16H2,(H2,15,18). The molecule has 1 amide bonds. The number of hydrogen-bond acceptors (Lipinski definition) is 5. The van der Waals surface area contributed by atoms with Crippen molar-refractivity contribution < 1.29 is 18.3 Å². The van der Waals surface area contributed by atoms with Crippen molar-refractivity contribution in [3.8, 4) is 5.88 Å². The van der Waals surface area contributed by atoms with Crippen LogP contribution in [-0.4, -0.2) is 10.3 Å². The SMILES string of the molecule is NC(=O)c1c(OCc2cc(F)c(Cl)cc2F)nsc1N. The van der Waals surface area contributed by atoms with Gasteiger partial charge in [-0.05, 0) is 23.7 Å². The lowest BCUT2D eigenvalue weighted by Crippen LogP contribution is -2.14. The zero-order chi connectivity index (χ0) is 14.9. The number of aromatic nitrogens is 1. The first-order chi connectivity index (χ1) is 9.40. The summed E-state index contributed by atoms with van der Waals surface area (Å²) in [5, 5.41) is -0.239. The van der Waals surface area contributed by atoms with Crippen LogP contribution in [0.5, 0.6) is 5.88 Å². The van der Waals surface area contributed by atoms with E-state index in [9.17, 15) is 13.6 Å². The number of carbonyl (C=O) groups excluding carboxylic acids is 1. The molecule has 2 rings (SSSR count). The van der Waals surface area contributed by atoms with E-state index in [4.69, 9.17) is 27.8 Å². The number of nitrogen functional groups attached to an aromatic ring is 1. The third-order valence-electron chi connectivity index (χ3n) is 2.39. The Kier molecular flexibility index (Phi) is 4.05. The molecule has 106 valence electrons. The third-order valence-corrected chi connectivity index (χ3v) is 3.33. The van der Waals surface area contributed by atoms with Crippen LogP contribution in [0.1, 0.15) is 15.9 Å². The van der Waals surface area contributed by atoms with Crippen molar-refractivity contribution in [2.75, 3.05) is 5.73 Å². The molecular weight excluding hydrogens is 312 g/mol. The van der Waals surface area contributed by atoms with Crippen LogP contribution in [-0.2, 0) is 6.61 Å². The van der Waals surface area contributed by atoms with E-state index in [0.717, 1.165) is 23.7 Å². The average Bonchev–Trinajstić information content (AvgIpc) is 2.73. The van der Waals surface area contributed by atoms with Gasteiger partial charge < -0.3 is 16.2 Å². The minimum atomic E-state index is -0.811. The lowest BCUT2D eigenvalue weighted by atomic mass is 10.2. The van der Waals surface area contributed by atoms with Gasteiger partial charge in [0.1, 0.15) is 28.8 Å². The van der Waals surface area contributed by atoms with Crippen LogP contribution >= 0.6 is 23.1 Å². The van der Waals surface area contributed by atoms with E-state index in [1.54, 1.807) is 0 Å². The number of nitrogens with zero attached hydrogens (tertiary/aromatic N) is 1. The largest absolute Gasteiger partial charge is 0.471 e. The molecule has 0 fully saturated rings. The molecule has 0 aliphatic heterocycles. The van der Waals surface area contributed by atoms with Gasteiger partial charge in [0.25, 0.3) is 5.91 Å². The summed E-state index contributed by atoms with van der Waals surface area (Å²) in [6, 6.07) is 1.73. The molecule has 0 spiro atoms. The predicted molar refractivity (Wildman–Crippen MR) is 70.7 cm³/mol. The fourth-order valence-electron chi connectivity index (χ4n) is 1.43.